The van der Waals surface area contributed by atoms with E-state index in [1.807, 2.05) is 0 Å². The third-order valence-corrected chi connectivity index (χ3v) is 2.00. The van der Waals surface area contributed by atoms with Gasteiger partial charge in [-0.3, -0.25) is 4.79 Å². The molecule has 1 amide bonds. The van der Waals surface area contributed by atoms with Crippen molar-refractivity contribution in [2.24, 2.45) is 0 Å². The normalized spacial score (nSPS) is 24.8. The van der Waals surface area contributed by atoms with Gasteiger partial charge in [0.25, 0.3) is 0 Å². The molecule has 0 radical (unpaired) electrons. The van der Waals surface area contributed by atoms with Gasteiger partial charge in [-0.25, -0.2) is 0 Å². The molecule has 1 saturated heterocycles. The quantitative estimate of drug-likeness (QED) is 0.428. The average molecular weight is 164 g/mol. The van der Waals surface area contributed by atoms with Gasteiger partial charge in [0.15, 0.2) is 0 Å². The molecule has 1 rings (SSSR count). The molecule has 1 fully saturated rings. The molecule has 0 spiro atoms. The first kappa shape index (κ1) is 7.82. The topological polar surface area (TPSA) is 29.5 Å². The van der Waals surface area contributed by atoms with Gasteiger partial charge in [-0.15, -0.1) is 0 Å². The van der Waals surface area contributed by atoms with Crippen molar-refractivity contribution >= 4 is 17.0 Å². The van der Waals surface area contributed by atoms with Crippen molar-refractivity contribution in [1.82, 2.24) is 4.90 Å². The predicted molar refractivity (Wildman–Crippen MR) is 38.2 cm³/mol. The fourth-order valence-corrected chi connectivity index (χ4v) is 1.11. The number of ether oxygens (including phenoxy) is 1. The molecule has 58 valence electrons. The zero-order valence-corrected chi connectivity index (χ0v) is 6.60. The predicted octanol–water partition coefficient (Wildman–Crippen LogP) is 1.07. The van der Waals surface area contributed by atoms with E-state index in [-0.39, 0.29) is 6.04 Å². The van der Waals surface area contributed by atoms with Gasteiger partial charge in [0, 0.05) is 13.7 Å². The SMILES string of the molecule is CN(C(=O)Cl)C1CCOC1. The Hall–Kier alpha value is -0.280. The molecule has 4 heteroatoms. The Balaban J connectivity index is 2.39. The fourth-order valence-electron chi connectivity index (χ4n) is 0.971. The van der Waals surface area contributed by atoms with Crippen molar-refractivity contribution in [2.75, 3.05) is 20.3 Å². The number of carbonyl (C=O) groups is 1. The van der Waals surface area contributed by atoms with Crippen LogP contribution in [-0.4, -0.2) is 36.6 Å². The molecule has 0 bridgehead atoms. The van der Waals surface area contributed by atoms with Gasteiger partial charge in [-0.1, -0.05) is 0 Å². The molecule has 0 N–H and O–H groups in total. The molecule has 1 unspecified atom stereocenters. The van der Waals surface area contributed by atoms with Gasteiger partial charge in [-0.2, -0.15) is 0 Å². The lowest BCUT2D eigenvalue weighted by molar-refractivity contribution is 0.167. The number of amides is 1. The van der Waals surface area contributed by atoms with Crippen molar-refractivity contribution in [3.05, 3.63) is 0 Å². The molecule has 0 aromatic rings. The second-order valence-corrected chi connectivity index (χ2v) is 2.70. The molecule has 1 aliphatic rings. The summed E-state index contributed by atoms with van der Waals surface area (Å²) in [6.45, 7) is 1.36. The van der Waals surface area contributed by atoms with Crippen LogP contribution in [0.3, 0.4) is 0 Å². The lowest BCUT2D eigenvalue weighted by atomic mass is 10.2. The molecule has 0 saturated carbocycles. The van der Waals surface area contributed by atoms with Crippen LogP contribution >= 0.6 is 11.6 Å². The van der Waals surface area contributed by atoms with Crippen molar-refractivity contribution in [2.45, 2.75) is 12.5 Å². The maximum absolute atomic E-state index is 10.6. The van der Waals surface area contributed by atoms with Crippen LogP contribution < -0.4 is 0 Å². The molecule has 0 aromatic carbocycles. The molecule has 1 aliphatic heterocycles. The lowest BCUT2D eigenvalue weighted by Crippen LogP contribution is -2.33. The van der Waals surface area contributed by atoms with Gasteiger partial charge in [-0.05, 0) is 18.0 Å². The first-order valence-electron chi connectivity index (χ1n) is 3.22. The van der Waals surface area contributed by atoms with Crippen LogP contribution in [0.4, 0.5) is 4.79 Å². The summed E-state index contributed by atoms with van der Waals surface area (Å²) in [7, 11) is 1.69. The fraction of sp³-hybridized carbons (Fsp3) is 0.833. The maximum Gasteiger partial charge on any atom is 0.316 e. The van der Waals surface area contributed by atoms with Crippen molar-refractivity contribution in [3.8, 4) is 0 Å². The van der Waals surface area contributed by atoms with E-state index in [4.69, 9.17) is 16.3 Å². The number of hydrogen-bond donors (Lipinski definition) is 0. The summed E-state index contributed by atoms with van der Waals surface area (Å²) in [5.41, 5.74) is 0. The van der Waals surface area contributed by atoms with E-state index < -0.39 is 5.37 Å². The van der Waals surface area contributed by atoms with Crippen LogP contribution in [0.2, 0.25) is 0 Å². The third-order valence-electron chi connectivity index (χ3n) is 1.73. The van der Waals surface area contributed by atoms with E-state index in [0.717, 1.165) is 13.0 Å². The Bertz CT molecular complexity index is 134. The summed E-state index contributed by atoms with van der Waals surface area (Å²) >= 11 is 5.24. The molecular weight excluding hydrogens is 154 g/mol. The van der Waals surface area contributed by atoms with Gasteiger partial charge in [0.2, 0.25) is 0 Å². The largest absolute Gasteiger partial charge is 0.379 e. The minimum atomic E-state index is -0.407. The summed E-state index contributed by atoms with van der Waals surface area (Å²) in [4.78, 5) is 12.1. The molecule has 10 heavy (non-hydrogen) atoms. The Kier molecular flexibility index (Phi) is 2.51. The highest BCUT2D eigenvalue weighted by Gasteiger charge is 2.22. The summed E-state index contributed by atoms with van der Waals surface area (Å²) in [5.74, 6) is 0. The Morgan fingerprint density at radius 2 is 2.50 bits per heavy atom. The number of halogens is 1. The third kappa shape index (κ3) is 1.61. The molecular formula is C6H10ClNO2. The van der Waals surface area contributed by atoms with Crippen LogP contribution in [-0.2, 0) is 4.74 Å². The molecule has 3 nitrogen and oxygen atoms in total. The zero-order chi connectivity index (χ0) is 7.56. The highest BCUT2D eigenvalue weighted by atomic mass is 35.5. The number of rotatable bonds is 1. The number of likely N-dealkylation sites (N-methyl/N-ethyl adjacent to an activating group) is 1. The van der Waals surface area contributed by atoms with Gasteiger partial charge < -0.3 is 9.64 Å². The zero-order valence-electron chi connectivity index (χ0n) is 5.84. The molecule has 0 aliphatic carbocycles. The first-order chi connectivity index (χ1) is 4.72. The number of hydrogen-bond acceptors (Lipinski definition) is 2. The average Bonchev–Trinajstić information content (AvgIpc) is 2.36. The van der Waals surface area contributed by atoms with Crippen LogP contribution in [0.15, 0.2) is 0 Å². The lowest BCUT2D eigenvalue weighted by Gasteiger charge is -2.19. The van der Waals surface area contributed by atoms with E-state index in [1.54, 1.807) is 7.05 Å². The van der Waals surface area contributed by atoms with E-state index in [0.29, 0.717) is 6.61 Å². The highest BCUT2D eigenvalue weighted by Crippen LogP contribution is 2.11. The van der Waals surface area contributed by atoms with Crippen molar-refractivity contribution in [3.63, 3.8) is 0 Å². The second kappa shape index (κ2) is 3.21. The van der Waals surface area contributed by atoms with Crippen LogP contribution in [0.1, 0.15) is 6.42 Å². The Morgan fingerprint density at radius 1 is 1.80 bits per heavy atom. The van der Waals surface area contributed by atoms with E-state index in [1.165, 1.54) is 4.90 Å². The second-order valence-electron chi connectivity index (χ2n) is 2.38. The van der Waals surface area contributed by atoms with Crippen LogP contribution in [0, 0.1) is 0 Å². The standard InChI is InChI=1S/C6H10ClNO2/c1-8(6(7)9)5-2-3-10-4-5/h5H,2-4H2,1H3. The van der Waals surface area contributed by atoms with Crippen LogP contribution in [0.5, 0.6) is 0 Å². The van der Waals surface area contributed by atoms with Gasteiger partial charge >= 0.3 is 5.37 Å². The summed E-state index contributed by atoms with van der Waals surface area (Å²) in [6, 6.07) is 0.185. The minimum Gasteiger partial charge on any atom is -0.379 e. The monoisotopic (exact) mass is 163 g/mol. The summed E-state index contributed by atoms with van der Waals surface area (Å²) in [6.07, 6.45) is 0.898. The maximum atomic E-state index is 10.6. The number of nitrogens with zero attached hydrogens (tertiary/aromatic N) is 1. The Morgan fingerprint density at radius 3 is 2.90 bits per heavy atom. The Labute approximate surface area is 64.9 Å². The number of carbonyl (C=O) groups excluding carboxylic acids is 1. The van der Waals surface area contributed by atoms with E-state index in [9.17, 15) is 4.79 Å². The minimum absolute atomic E-state index is 0.185. The van der Waals surface area contributed by atoms with Crippen molar-refractivity contribution < 1.29 is 9.53 Å². The first-order valence-corrected chi connectivity index (χ1v) is 3.59. The molecule has 1 atom stereocenters. The van der Waals surface area contributed by atoms with Crippen molar-refractivity contribution in [1.29, 1.82) is 0 Å². The summed E-state index contributed by atoms with van der Waals surface area (Å²) in [5, 5.41) is -0.407. The summed E-state index contributed by atoms with van der Waals surface area (Å²) < 4.78 is 5.08. The van der Waals surface area contributed by atoms with E-state index >= 15 is 0 Å². The van der Waals surface area contributed by atoms with E-state index in [2.05, 4.69) is 0 Å². The molecule has 0 aromatic heterocycles. The van der Waals surface area contributed by atoms with Crippen LogP contribution in [0.25, 0.3) is 0 Å². The molecule has 1 heterocycles. The van der Waals surface area contributed by atoms with Gasteiger partial charge in [0.05, 0.1) is 12.6 Å². The van der Waals surface area contributed by atoms with Gasteiger partial charge in [0.1, 0.15) is 0 Å². The smallest absolute Gasteiger partial charge is 0.316 e. The highest BCUT2D eigenvalue weighted by molar-refractivity contribution is 6.62.